The number of hydrogen-bond acceptors (Lipinski definition) is 3. The zero-order valence-electron chi connectivity index (χ0n) is 11.4. The quantitative estimate of drug-likeness (QED) is 0.790. The molecule has 1 aliphatic carbocycles. The Balaban J connectivity index is 1.94. The first kappa shape index (κ1) is 15.1. The number of carbonyl (C=O) groups is 1. The van der Waals surface area contributed by atoms with Gasteiger partial charge in [0, 0.05) is 11.8 Å². The van der Waals surface area contributed by atoms with Crippen LogP contribution in [0.5, 0.6) is 5.75 Å². The van der Waals surface area contributed by atoms with Crippen LogP contribution in [0.1, 0.15) is 25.7 Å². The van der Waals surface area contributed by atoms with Gasteiger partial charge in [-0.15, -0.1) is 0 Å². The van der Waals surface area contributed by atoms with Gasteiger partial charge < -0.3 is 20.5 Å². The Hall–Kier alpha value is -1.27. The van der Waals surface area contributed by atoms with Crippen LogP contribution in [0.3, 0.4) is 0 Å². The average Bonchev–Trinajstić information content (AvgIpc) is 2.43. The smallest absolute Gasteiger partial charge is 0.319 e. The van der Waals surface area contributed by atoms with Gasteiger partial charge in [0.25, 0.3) is 0 Å². The van der Waals surface area contributed by atoms with Crippen molar-refractivity contribution < 1.29 is 14.6 Å². The van der Waals surface area contributed by atoms with Crippen LogP contribution in [0.15, 0.2) is 22.7 Å². The second kappa shape index (κ2) is 6.95. The summed E-state index contributed by atoms with van der Waals surface area (Å²) in [5, 5.41) is 15.4. The number of nitrogens with one attached hydrogen (secondary N) is 2. The third kappa shape index (κ3) is 3.86. The Bertz CT molecular complexity index is 481. The topological polar surface area (TPSA) is 70.6 Å². The fourth-order valence-corrected chi connectivity index (χ4v) is 2.76. The largest absolute Gasteiger partial charge is 0.495 e. The van der Waals surface area contributed by atoms with Gasteiger partial charge in [0.05, 0.1) is 23.7 Å². The molecular weight excluding hydrogens is 324 g/mol. The maximum absolute atomic E-state index is 11.9. The first-order valence-electron chi connectivity index (χ1n) is 6.69. The highest BCUT2D eigenvalue weighted by Gasteiger charge is 2.24. The van der Waals surface area contributed by atoms with Gasteiger partial charge in [0.1, 0.15) is 5.75 Å². The van der Waals surface area contributed by atoms with E-state index in [-0.39, 0.29) is 12.1 Å². The normalized spacial score (nSPS) is 22.1. The van der Waals surface area contributed by atoms with Gasteiger partial charge in [-0.2, -0.15) is 0 Å². The van der Waals surface area contributed by atoms with Gasteiger partial charge in [-0.25, -0.2) is 4.79 Å². The highest BCUT2D eigenvalue weighted by Crippen LogP contribution is 2.27. The monoisotopic (exact) mass is 342 g/mol. The zero-order chi connectivity index (χ0) is 14.5. The molecule has 0 unspecified atom stereocenters. The van der Waals surface area contributed by atoms with E-state index in [1.54, 1.807) is 19.2 Å². The minimum Gasteiger partial charge on any atom is -0.495 e. The minimum atomic E-state index is -0.450. The van der Waals surface area contributed by atoms with Crippen molar-refractivity contribution in [3.05, 3.63) is 22.7 Å². The number of carbonyl (C=O) groups excluding carboxylic acids is 1. The average molecular weight is 343 g/mol. The van der Waals surface area contributed by atoms with Crippen molar-refractivity contribution in [2.45, 2.75) is 37.8 Å². The molecule has 1 fully saturated rings. The number of amides is 2. The van der Waals surface area contributed by atoms with E-state index in [9.17, 15) is 9.90 Å². The highest BCUT2D eigenvalue weighted by molar-refractivity contribution is 9.10. The van der Waals surface area contributed by atoms with Crippen molar-refractivity contribution in [1.82, 2.24) is 5.32 Å². The summed E-state index contributed by atoms with van der Waals surface area (Å²) in [5.74, 6) is 0.653. The van der Waals surface area contributed by atoms with Crippen LogP contribution in [-0.4, -0.2) is 30.4 Å². The standard InChI is InChI=1S/C14H19BrN2O3/c1-20-13-8-9(6-7-10(13)15)16-14(19)17-11-4-2-3-5-12(11)18/h6-8,11-12,18H,2-5H2,1H3,(H2,16,17,19)/t11-,12-/m1/s1. The second-order valence-corrected chi connectivity index (χ2v) is 5.76. The Labute approximate surface area is 126 Å². The summed E-state index contributed by atoms with van der Waals surface area (Å²) in [4.78, 5) is 11.9. The SMILES string of the molecule is COc1cc(NC(=O)N[C@@H]2CCCC[C@H]2O)ccc1Br. The van der Waals surface area contributed by atoms with E-state index in [2.05, 4.69) is 26.6 Å². The number of benzene rings is 1. The molecular formula is C14H19BrN2O3. The van der Waals surface area contributed by atoms with Gasteiger partial charge in [-0.1, -0.05) is 12.8 Å². The molecule has 1 aromatic carbocycles. The second-order valence-electron chi connectivity index (χ2n) is 4.91. The van der Waals surface area contributed by atoms with Crippen molar-refractivity contribution in [2.24, 2.45) is 0 Å². The van der Waals surface area contributed by atoms with E-state index in [1.165, 1.54) is 0 Å². The number of hydrogen-bond donors (Lipinski definition) is 3. The lowest BCUT2D eigenvalue weighted by Crippen LogP contribution is -2.46. The summed E-state index contributed by atoms with van der Waals surface area (Å²) in [7, 11) is 1.57. The fraction of sp³-hybridized carbons (Fsp3) is 0.500. The van der Waals surface area contributed by atoms with Crippen LogP contribution < -0.4 is 15.4 Å². The summed E-state index contributed by atoms with van der Waals surface area (Å²) < 4.78 is 6.00. The minimum absolute atomic E-state index is 0.166. The van der Waals surface area contributed by atoms with Gasteiger partial charge >= 0.3 is 6.03 Å². The molecule has 2 amide bonds. The fourth-order valence-electron chi connectivity index (χ4n) is 2.35. The van der Waals surface area contributed by atoms with Gasteiger partial charge in [-0.3, -0.25) is 0 Å². The lowest BCUT2D eigenvalue weighted by Gasteiger charge is -2.28. The molecule has 3 N–H and O–H groups in total. The predicted octanol–water partition coefficient (Wildman–Crippen LogP) is 2.88. The molecule has 2 atom stereocenters. The van der Waals surface area contributed by atoms with E-state index < -0.39 is 6.10 Å². The van der Waals surface area contributed by atoms with E-state index in [1.807, 2.05) is 6.07 Å². The molecule has 0 heterocycles. The van der Waals surface area contributed by atoms with Crippen LogP contribution in [-0.2, 0) is 0 Å². The van der Waals surface area contributed by atoms with E-state index >= 15 is 0 Å². The van der Waals surface area contributed by atoms with E-state index in [0.717, 1.165) is 30.2 Å². The molecule has 20 heavy (non-hydrogen) atoms. The molecule has 1 aliphatic rings. The zero-order valence-corrected chi connectivity index (χ0v) is 12.9. The maximum atomic E-state index is 11.9. The molecule has 2 rings (SSSR count). The summed E-state index contributed by atoms with van der Waals surface area (Å²) >= 11 is 3.36. The van der Waals surface area contributed by atoms with Crippen LogP contribution >= 0.6 is 15.9 Å². The number of aliphatic hydroxyl groups excluding tert-OH is 1. The molecule has 0 aliphatic heterocycles. The molecule has 0 aromatic heterocycles. The van der Waals surface area contributed by atoms with Crippen molar-refractivity contribution in [3.63, 3.8) is 0 Å². The molecule has 110 valence electrons. The molecule has 1 saturated carbocycles. The van der Waals surface area contributed by atoms with Crippen molar-refractivity contribution in [1.29, 1.82) is 0 Å². The van der Waals surface area contributed by atoms with Gasteiger partial charge in [0.2, 0.25) is 0 Å². The summed E-state index contributed by atoms with van der Waals surface area (Å²) in [5.41, 5.74) is 0.646. The lowest BCUT2D eigenvalue weighted by molar-refractivity contribution is 0.0955. The molecule has 1 aromatic rings. The summed E-state index contributed by atoms with van der Waals surface area (Å²) in [6.07, 6.45) is 3.17. The number of urea groups is 1. The van der Waals surface area contributed by atoms with Crippen LogP contribution in [0, 0.1) is 0 Å². The predicted molar refractivity (Wildman–Crippen MR) is 81.1 cm³/mol. The molecule has 0 saturated heterocycles. The third-order valence-corrected chi connectivity index (χ3v) is 4.11. The molecule has 5 nitrogen and oxygen atoms in total. The number of aliphatic hydroxyl groups is 1. The van der Waals surface area contributed by atoms with Gasteiger partial charge in [-0.05, 0) is 40.9 Å². The molecule has 0 spiro atoms. The molecule has 0 radical (unpaired) electrons. The summed E-state index contributed by atoms with van der Waals surface area (Å²) in [6.45, 7) is 0. The van der Waals surface area contributed by atoms with Crippen molar-refractivity contribution >= 4 is 27.6 Å². The lowest BCUT2D eigenvalue weighted by atomic mass is 9.93. The van der Waals surface area contributed by atoms with Crippen LogP contribution in [0.2, 0.25) is 0 Å². The third-order valence-electron chi connectivity index (χ3n) is 3.45. The number of rotatable bonds is 3. The van der Waals surface area contributed by atoms with E-state index in [4.69, 9.17) is 4.74 Å². The molecule has 6 heteroatoms. The van der Waals surface area contributed by atoms with Gasteiger partial charge in [0.15, 0.2) is 0 Å². The number of halogens is 1. The molecule has 0 bridgehead atoms. The number of methoxy groups -OCH3 is 1. The Morgan fingerprint density at radius 2 is 2.15 bits per heavy atom. The Kier molecular flexibility index (Phi) is 5.25. The van der Waals surface area contributed by atoms with Crippen molar-refractivity contribution in [2.75, 3.05) is 12.4 Å². The number of ether oxygens (including phenoxy) is 1. The highest BCUT2D eigenvalue weighted by atomic mass is 79.9. The van der Waals surface area contributed by atoms with Crippen molar-refractivity contribution in [3.8, 4) is 5.75 Å². The summed E-state index contributed by atoms with van der Waals surface area (Å²) in [6, 6.07) is 4.86. The van der Waals surface area contributed by atoms with Crippen LogP contribution in [0.25, 0.3) is 0 Å². The number of anilines is 1. The first-order valence-corrected chi connectivity index (χ1v) is 7.48. The maximum Gasteiger partial charge on any atom is 0.319 e. The Morgan fingerprint density at radius 3 is 2.85 bits per heavy atom. The van der Waals surface area contributed by atoms with E-state index in [0.29, 0.717) is 11.4 Å². The first-order chi connectivity index (χ1) is 9.60. The van der Waals surface area contributed by atoms with Crippen LogP contribution in [0.4, 0.5) is 10.5 Å². The Morgan fingerprint density at radius 1 is 1.40 bits per heavy atom.